The molecule has 3 rings (SSSR count). The number of benzene rings is 2. The number of carbonyl (C=O) groups excluding carboxylic acids is 1. The van der Waals surface area contributed by atoms with E-state index in [-0.39, 0.29) is 17.7 Å². The maximum atomic E-state index is 12.4. The average Bonchev–Trinajstić information content (AvgIpc) is 3.00. The van der Waals surface area contributed by atoms with Gasteiger partial charge in [0.25, 0.3) is 5.91 Å². The summed E-state index contributed by atoms with van der Waals surface area (Å²) in [5.74, 6) is 0.771. The van der Waals surface area contributed by atoms with Crippen molar-refractivity contribution in [1.82, 2.24) is 5.32 Å². The maximum Gasteiger partial charge on any atom is 0.287 e. The Morgan fingerprint density at radius 2 is 2.00 bits per heavy atom. The molecule has 0 spiro atoms. The van der Waals surface area contributed by atoms with Crippen molar-refractivity contribution < 1.29 is 13.9 Å². The van der Waals surface area contributed by atoms with Crippen molar-refractivity contribution in [2.45, 2.75) is 13.0 Å². The summed E-state index contributed by atoms with van der Waals surface area (Å²) in [5, 5.41) is 3.82. The fourth-order valence-corrected chi connectivity index (χ4v) is 2.97. The number of hydrogen-bond acceptors (Lipinski definition) is 3. The fourth-order valence-electron chi connectivity index (χ4n) is 2.51. The number of furan rings is 1. The number of hydrogen-bond donors (Lipinski definition) is 1. The molecule has 0 bridgehead atoms. The summed E-state index contributed by atoms with van der Waals surface area (Å²) in [6, 6.07) is 14.8. The zero-order valence-corrected chi connectivity index (χ0v) is 14.4. The van der Waals surface area contributed by atoms with Crippen molar-refractivity contribution in [3.05, 3.63) is 64.3 Å². The van der Waals surface area contributed by atoms with Gasteiger partial charge in [0.15, 0.2) is 5.76 Å². The van der Waals surface area contributed by atoms with Crippen molar-refractivity contribution in [3.8, 4) is 5.75 Å². The Labute approximate surface area is 142 Å². The molecule has 2 aromatic carbocycles. The van der Waals surface area contributed by atoms with Gasteiger partial charge in [0, 0.05) is 10.9 Å². The van der Waals surface area contributed by atoms with E-state index in [2.05, 4.69) is 21.2 Å². The van der Waals surface area contributed by atoms with Gasteiger partial charge in [-0.15, -0.1) is 0 Å². The van der Waals surface area contributed by atoms with E-state index in [0.29, 0.717) is 5.58 Å². The third-order valence-electron chi connectivity index (χ3n) is 3.67. The average molecular weight is 374 g/mol. The minimum atomic E-state index is -0.258. The number of fused-ring (bicyclic) bond motifs is 1. The van der Waals surface area contributed by atoms with E-state index in [1.165, 1.54) is 0 Å². The monoisotopic (exact) mass is 373 g/mol. The number of para-hydroxylation sites is 2. The Kier molecular flexibility index (Phi) is 4.39. The van der Waals surface area contributed by atoms with Crippen molar-refractivity contribution >= 4 is 32.8 Å². The molecule has 1 aromatic heterocycles. The molecule has 118 valence electrons. The number of carbonyl (C=O) groups is 1. The highest BCUT2D eigenvalue weighted by Gasteiger charge is 2.18. The Morgan fingerprint density at radius 1 is 1.22 bits per heavy atom. The van der Waals surface area contributed by atoms with Crippen LogP contribution in [0.1, 0.15) is 29.1 Å². The molecule has 0 aliphatic rings. The highest BCUT2D eigenvalue weighted by atomic mass is 79.9. The molecule has 1 heterocycles. The quantitative estimate of drug-likeness (QED) is 0.721. The Balaban J connectivity index is 1.84. The molecule has 1 N–H and O–H groups in total. The van der Waals surface area contributed by atoms with Crippen LogP contribution in [-0.2, 0) is 0 Å². The SMILES string of the molecule is COc1ccccc1C(C)NC(=O)c1cc2cccc(Br)c2o1. The van der Waals surface area contributed by atoms with Gasteiger partial charge in [-0.2, -0.15) is 0 Å². The number of methoxy groups -OCH3 is 1. The van der Waals surface area contributed by atoms with E-state index in [1.807, 2.05) is 49.4 Å². The third kappa shape index (κ3) is 3.10. The molecule has 0 radical (unpaired) electrons. The lowest BCUT2D eigenvalue weighted by Crippen LogP contribution is -2.26. The summed E-state index contributed by atoms with van der Waals surface area (Å²) in [4.78, 5) is 12.4. The second-order valence-corrected chi connectivity index (χ2v) is 6.06. The molecule has 3 aromatic rings. The van der Waals surface area contributed by atoms with Gasteiger partial charge in [-0.1, -0.05) is 30.3 Å². The molecular formula is C18H16BrNO3. The summed E-state index contributed by atoms with van der Waals surface area (Å²) >= 11 is 3.42. The summed E-state index contributed by atoms with van der Waals surface area (Å²) in [6.45, 7) is 1.91. The second-order valence-electron chi connectivity index (χ2n) is 5.21. The first-order valence-corrected chi connectivity index (χ1v) is 8.01. The summed E-state index contributed by atoms with van der Waals surface area (Å²) < 4.78 is 11.8. The van der Waals surface area contributed by atoms with Crippen LogP contribution in [0.5, 0.6) is 5.75 Å². The Bertz CT molecular complexity index is 856. The smallest absolute Gasteiger partial charge is 0.287 e. The van der Waals surface area contributed by atoms with Gasteiger partial charge in [0.2, 0.25) is 0 Å². The minimum Gasteiger partial charge on any atom is -0.496 e. The van der Waals surface area contributed by atoms with Crippen LogP contribution in [0.2, 0.25) is 0 Å². The topological polar surface area (TPSA) is 51.5 Å². The summed E-state index contributed by atoms with van der Waals surface area (Å²) in [5.41, 5.74) is 1.59. The van der Waals surface area contributed by atoms with Gasteiger partial charge in [0.1, 0.15) is 11.3 Å². The van der Waals surface area contributed by atoms with Crippen LogP contribution in [0.3, 0.4) is 0 Å². The molecular weight excluding hydrogens is 358 g/mol. The van der Waals surface area contributed by atoms with Gasteiger partial charge in [-0.3, -0.25) is 4.79 Å². The van der Waals surface area contributed by atoms with E-state index >= 15 is 0 Å². The highest BCUT2D eigenvalue weighted by molar-refractivity contribution is 9.10. The largest absolute Gasteiger partial charge is 0.496 e. The third-order valence-corrected chi connectivity index (χ3v) is 4.30. The lowest BCUT2D eigenvalue weighted by Gasteiger charge is -2.16. The number of rotatable bonds is 4. The van der Waals surface area contributed by atoms with Crippen molar-refractivity contribution in [2.75, 3.05) is 7.11 Å². The minimum absolute atomic E-state index is 0.199. The normalized spacial score (nSPS) is 12.1. The molecule has 1 unspecified atom stereocenters. The van der Waals surface area contributed by atoms with Crippen LogP contribution in [-0.4, -0.2) is 13.0 Å². The first-order chi connectivity index (χ1) is 11.1. The van der Waals surface area contributed by atoms with E-state index in [9.17, 15) is 4.79 Å². The van der Waals surface area contributed by atoms with Gasteiger partial charge < -0.3 is 14.5 Å². The van der Waals surface area contributed by atoms with Gasteiger partial charge in [0.05, 0.1) is 17.6 Å². The van der Waals surface area contributed by atoms with E-state index < -0.39 is 0 Å². The van der Waals surface area contributed by atoms with Crippen LogP contribution >= 0.6 is 15.9 Å². The molecule has 1 amide bonds. The van der Waals surface area contributed by atoms with Crippen LogP contribution in [0.15, 0.2) is 57.4 Å². The lowest BCUT2D eigenvalue weighted by atomic mass is 10.1. The van der Waals surface area contributed by atoms with Crippen molar-refractivity contribution in [2.24, 2.45) is 0 Å². The lowest BCUT2D eigenvalue weighted by molar-refractivity contribution is 0.0913. The van der Waals surface area contributed by atoms with Crippen LogP contribution in [0.4, 0.5) is 0 Å². The molecule has 0 saturated carbocycles. The van der Waals surface area contributed by atoms with E-state index in [0.717, 1.165) is 21.2 Å². The van der Waals surface area contributed by atoms with Gasteiger partial charge in [-0.05, 0) is 41.1 Å². The van der Waals surface area contributed by atoms with E-state index in [4.69, 9.17) is 9.15 Å². The Morgan fingerprint density at radius 3 is 2.74 bits per heavy atom. The van der Waals surface area contributed by atoms with Crippen LogP contribution < -0.4 is 10.1 Å². The van der Waals surface area contributed by atoms with Crippen molar-refractivity contribution in [1.29, 1.82) is 0 Å². The van der Waals surface area contributed by atoms with Crippen molar-refractivity contribution in [3.63, 3.8) is 0 Å². The molecule has 1 atom stereocenters. The summed E-state index contributed by atoms with van der Waals surface area (Å²) in [6.07, 6.45) is 0. The number of halogens is 1. The van der Waals surface area contributed by atoms with Gasteiger partial charge >= 0.3 is 0 Å². The standard InChI is InChI=1S/C18H16BrNO3/c1-11(13-7-3-4-9-15(13)22-2)20-18(21)16-10-12-6-5-8-14(19)17(12)23-16/h3-11H,1-2H3,(H,20,21). The first kappa shape index (κ1) is 15.6. The number of amides is 1. The van der Waals surface area contributed by atoms with Crippen LogP contribution in [0, 0.1) is 0 Å². The predicted molar refractivity (Wildman–Crippen MR) is 92.8 cm³/mol. The highest BCUT2D eigenvalue weighted by Crippen LogP contribution is 2.28. The predicted octanol–water partition coefficient (Wildman–Crippen LogP) is 4.69. The molecule has 0 aliphatic carbocycles. The molecule has 5 heteroatoms. The van der Waals surface area contributed by atoms with Gasteiger partial charge in [-0.25, -0.2) is 0 Å². The first-order valence-electron chi connectivity index (χ1n) is 7.22. The number of nitrogens with one attached hydrogen (secondary N) is 1. The zero-order valence-electron chi connectivity index (χ0n) is 12.8. The molecule has 23 heavy (non-hydrogen) atoms. The second kappa shape index (κ2) is 6.46. The molecule has 0 aliphatic heterocycles. The Hall–Kier alpha value is -2.27. The molecule has 4 nitrogen and oxygen atoms in total. The number of ether oxygens (including phenoxy) is 1. The molecule has 0 fully saturated rings. The summed E-state index contributed by atoms with van der Waals surface area (Å²) in [7, 11) is 1.62. The maximum absolute atomic E-state index is 12.4. The molecule has 0 saturated heterocycles. The van der Waals surface area contributed by atoms with E-state index in [1.54, 1.807) is 13.2 Å². The zero-order chi connectivity index (χ0) is 16.4. The van der Waals surface area contributed by atoms with Crippen LogP contribution in [0.25, 0.3) is 11.0 Å². The fraction of sp³-hybridized carbons (Fsp3) is 0.167.